The number of rotatable bonds is 1. The Morgan fingerprint density at radius 1 is 1.43 bits per heavy atom. The second-order valence-electron chi connectivity index (χ2n) is 2.98. The van der Waals surface area contributed by atoms with Gasteiger partial charge < -0.3 is 5.73 Å². The minimum Gasteiger partial charge on any atom is -0.399 e. The molecule has 0 saturated heterocycles. The van der Waals surface area contributed by atoms with Gasteiger partial charge in [-0.1, -0.05) is 0 Å². The zero-order valence-corrected chi connectivity index (χ0v) is 9.02. The predicted octanol–water partition coefficient (Wildman–Crippen LogP) is 1.28. The lowest BCUT2D eigenvalue weighted by Crippen LogP contribution is -1.94. The molecule has 0 spiro atoms. The van der Waals surface area contributed by atoms with Crippen LogP contribution < -0.4 is 5.73 Å². The zero-order chi connectivity index (χ0) is 10.3. The number of sulfone groups is 1. The molecule has 0 fully saturated rings. The Bertz CT molecular complexity index is 586. The summed E-state index contributed by atoms with van der Waals surface area (Å²) in [7, 11) is -3.21. The van der Waals surface area contributed by atoms with E-state index in [9.17, 15) is 8.42 Å². The highest BCUT2D eigenvalue weighted by Crippen LogP contribution is 2.26. The molecule has 0 saturated carbocycles. The van der Waals surface area contributed by atoms with Crippen molar-refractivity contribution in [3.63, 3.8) is 0 Å². The molecule has 0 aliphatic rings. The second-order valence-corrected chi connectivity index (χ2v) is 6.20. The van der Waals surface area contributed by atoms with E-state index in [1.807, 2.05) is 0 Å². The lowest BCUT2D eigenvalue weighted by molar-refractivity contribution is 0.601. The van der Waals surface area contributed by atoms with Gasteiger partial charge in [-0.05, 0) is 18.2 Å². The number of nitrogen functional groups attached to an aromatic ring is 1. The Morgan fingerprint density at radius 3 is 2.79 bits per heavy atom. The standard InChI is InChI=1S/C8H8N2O2S2/c1-14(11,12)8-10-6-3-2-5(9)4-7(6)13-8/h2-4H,9H2,1H3. The summed E-state index contributed by atoms with van der Waals surface area (Å²) in [4.78, 5) is 4.00. The quantitative estimate of drug-likeness (QED) is 0.746. The minimum atomic E-state index is -3.21. The van der Waals surface area contributed by atoms with E-state index in [0.29, 0.717) is 11.2 Å². The Balaban J connectivity index is 2.75. The van der Waals surface area contributed by atoms with Crippen molar-refractivity contribution >= 4 is 37.1 Å². The van der Waals surface area contributed by atoms with Gasteiger partial charge >= 0.3 is 0 Å². The smallest absolute Gasteiger partial charge is 0.210 e. The van der Waals surface area contributed by atoms with Crippen LogP contribution in [0.15, 0.2) is 22.5 Å². The van der Waals surface area contributed by atoms with Gasteiger partial charge in [0.2, 0.25) is 14.2 Å². The van der Waals surface area contributed by atoms with Crippen molar-refractivity contribution in [2.45, 2.75) is 4.34 Å². The lowest BCUT2D eigenvalue weighted by atomic mass is 10.3. The van der Waals surface area contributed by atoms with Crippen LogP contribution in [0, 0.1) is 0 Å². The first-order chi connectivity index (χ1) is 6.47. The predicted molar refractivity (Wildman–Crippen MR) is 57.1 cm³/mol. The Morgan fingerprint density at radius 2 is 2.14 bits per heavy atom. The summed E-state index contributed by atoms with van der Waals surface area (Å²) in [5, 5.41) is 0. The van der Waals surface area contributed by atoms with Crippen LogP contribution in [0.1, 0.15) is 0 Å². The lowest BCUT2D eigenvalue weighted by Gasteiger charge is -1.88. The molecule has 14 heavy (non-hydrogen) atoms. The number of nitrogens with zero attached hydrogens (tertiary/aromatic N) is 1. The number of benzene rings is 1. The molecular formula is C8H8N2O2S2. The third-order valence-electron chi connectivity index (χ3n) is 1.71. The molecule has 0 aliphatic carbocycles. The molecule has 0 unspecified atom stereocenters. The van der Waals surface area contributed by atoms with E-state index in [-0.39, 0.29) is 4.34 Å². The number of fused-ring (bicyclic) bond motifs is 1. The summed E-state index contributed by atoms with van der Waals surface area (Å²) in [5.74, 6) is 0. The first-order valence-electron chi connectivity index (χ1n) is 3.83. The van der Waals surface area contributed by atoms with E-state index in [2.05, 4.69) is 4.98 Å². The van der Waals surface area contributed by atoms with E-state index in [0.717, 1.165) is 22.3 Å². The summed E-state index contributed by atoms with van der Waals surface area (Å²) in [5.41, 5.74) is 6.85. The van der Waals surface area contributed by atoms with Crippen LogP contribution in [0.2, 0.25) is 0 Å². The van der Waals surface area contributed by atoms with E-state index >= 15 is 0 Å². The molecule has 0 amide bonds. The molecule has 4 nitrogen and oxygen atoms in total. The Labute approximate surface area is 85.3 Å². The van der Waals surface area contributed by atoms with Gasteiger partial charge in [0.1, 0.15) is 0 Å². The molecular weight excluding hydrogens is 220 g/mol. The van der Waals surface area contributed by atoms with Gasteiger partial charge in [-0.25, -0.2) is 13.4 Å². The third-order valence-corrected chi connectivity index (χ3v) is 4.41. The van der Waals surface area contributed by atoms with E-state index < -0.39 is 9.84 Å². The van der Waals surface area contributed by atoms with Crippen molar-refractivity contribution in [2.24, 2.45) is 0 Å². The van der Waals surface area contributed by atoms with Gasteiger partial charge in [0.15, 0.2) is 0 Å². The van der Waals surface area contributed by atoms with Gasteiger partial charge in [-0.15, -0.1) is 11.3 Å². The molecule has 1 aromatic carbocycles. The largest absolute Gasteiger partial charge is 0.399 e. The molecule has 1 aromatic heterocycles. The van der Waals surface area contributed by atoms with Crippen molar-refractivity contribution in [2.75, 3.05) is 12.0 Å². The topological polar surface area (TPSA) is 73.0 Å². The highest BCUT2D eigenvalue weighted by atomic mass is 32.2. The second kappa shape index (κ2) is 2.93. The van der Waals surface area contributed by atoms with Crippen LogP contribution in [-0.4, -0.2) is 19.7 Å². The van der Waals surface area contributed by atoms with Crippen molar-refractivity contribution in [3.05, 3.63) is 18.2 Å². The maximum atomic E-state index is 11.2. The maximum Gasteiger partial charge on any atom is 0.210 e. The van der Waals surface area contributed by atoms with Crippen LogP contribution in [0.3, 0.4) is 0 Å². The summed E-state index contributed by atoms with van der Waals surface area (Å²) in [6.45, 7) is 0. The van der Waals surface area contributed by atoms with Gasteiger partial charge in [0.25, 0.3) is 0 Å². The number of hydrogen-bond acceptors (Lipinski definition) is 5. The molecule has 0 radical (unpaired) electrons. The molecule has 2 rings (SSSR count). The van der Waals surface area contributed by atoms with E-state index in [1.165, 1.54) is 0 Å². The first kappa shape index (κ1) is 9.42. The zero-order valence-electron chi connectivity index (χ0n) is 7.39. The summed E-state index contributed by atoms with van der Waals surface area (Å²) < 4.78 is 23.3. The fourth-order valence-corrected chi connectivity index (χ4v) is 2.96. The number of anilines is 1. The molecule has 2 aromatic rings. The number of thiazole rings is 1. The molecule has 0 bridgehead atoms. The molecule has 6 heteroatoms. The number of nitrogens with two attached hydrogens (primary N) is 1. The molecule has 74 valence electrons. The van der Waals surface area contributed by atoms with Crippen molar-refractivity contribution in [3.8, 4) is 0 Å². The third kappa shape index (κ3) is 1.58. The van der Waals surface area contributed by atoms with Gasteiger partial charge in [0.05, 0.1) is 10.2 Å². The van der Waals surface area contributed by atoms with Crippen molar-refractivity contribution < 1.29 is 8.42 Å². The average Bonchev–Trinajstić information content (AvgIpc) is 2.45. The van der Waals surface area contributed by atoms with Crippen LogP contribution in [-0.2, 0) is 9.84 Å². The Hall–Kier alpha value is -1.14. The average molecular weight is 228 g/mol. The van der Waals surface area contributed by atoms with Gasteiger partial charge in [-0.2, -0.15) is 0 Å². The Kier molecular flexibility index (Phi) is 1.97. The van der Waals surface area contributed by atoms with E-state index in [1.54, 1.807) is 18.2 Å². The van der Waals surface area contributed by atoms with Crippen LogP contribution in [0.25, 0.3) is 10.2 Å². The molecule has 0 atom stereocenters. The first-order valence-corrected chi connectivity index (χ1v) is 6.54. The summed E-state index contributed by atoms with van der Waals surface area (Å²) in [6, 6.07) is 5.14. The van der Waals surface area contributed by atoms with Crippen LogP contribution in [0.4, 0.5) is 5.69 Å². The molecule has 1 heterocycles. The highest BCUT2D eigenvalue weighted by Gasteiger charge is 2.13. The normalized spacial score (nSPS) is 12.1. The monoisotopic (exact) mass is 228 g/mol. The highest BCUT2D eigenvalue weighted by molar-refractivity contribution is 7.92. The number of aromatic nitrogens is 1. The SMILES string of the molecule is CS(=O)(=O)c1nc2ccc(N)cc2s1. The molecule has 0 aliphatic heterocycles. The summed E-state index contributed by atoms with van der Waals surface area (Å²) in [6.07, 6.45) is 1.15. The molecule has 2 N–H and O–H groups in total. The summed E-state index contributed by atoms with van der Waals surface area (Å²) >= 11 is 1.14. The minimum absolute atomic E-state index is 0.137. The van der Waals surface area contributed by atoms with Crippen molar-refractivity contribution in [1.82, 2.24) is 4.98 Å². The fraction of sp³-hybridized carbons (Fsp3) is 0.125. The van der Waals surface area contributed by atoms with Crippen LogP contribution >= 0.6 is 11.3 Å². The fourth-order valence-electron chi connectivity index (χ4n) is 1.08. The van der Waals surface area contributed by atoms with E-state index in [4.69, 9.17) is 5.73 Å². The van der Waals surface area contributed by atoms with Crippen molar-refractivity contribution in [1.29, 1.82) is 0 Å². The van der Waals surface area contributed by atoms with Crippen LogP contribution in [0.5, 0.6) is 0 Å². The van der Waals surface area contributed by atoms with Gasteiger partial charge in [0, 0.05) is 11.9 Å². The number of hydrogen-bond donors (Lipinski definition) is 1. The maximum absolute atomic E-state index is 11.2. The van der Waals surface area contributed by atoms with Gasteiger partial charge in [-0.3, -0.25) is 0 Å².